The van der Waals surface area contributed by atoms with Gasteiger partial charge in [0.25, 0.3) is 0 Å². The quantitative estimate of drug-likeness (QED) is 0.727. The molecule has 23 heavy (non-hydrogen) atoms. The number of aryl methyl sites for hydroxylation is 1. The normalized spacial score (nSPS) is 11.2. The van der Waals surface area contributed by atoms with Gasteiger partial charge >= 0.3 is 0 Å². The maximum atomic E-state index is 11.8. The highest BCUT2D eigenvalue weighted by Crippen LogP contribution is 2.21. The predicted molar refractivity (Wildman–Crippen MR) is 86.0 cm³/mol. The van der Waals surface area contributed by atoms with Crippen molar-refractivity contribution in [3.05, 3.63) is 35.8 Å². The molecule has 0 spiro atoms. The van der Waals surface area contributed by atoms with Crippen molar-refractivity contribution in [2.24, 2.45) is 5.92 Å². The van der Waals surface area contributed by atoms with Crippen LogP contribution in [0, 0.1) is 24.2 Å². The van der Waals surface area contributed by atoms with Gasteiger partial charge in [0, 0.05) is 23.5 Å². The van der Waals surface area contributed by atoms with E-state index < -0.39 is 0 Å². The maximum absolute atomic E-state index is 11.8. The molecule has 0 unspecified atom stereocenters. The second-order valence-corrected chi connectivity index (χ2v) is 5.22. The Morgan fingerprint density at radius 1 is 1.43 bits per heavy atom. The van der Waals surface area contributed by atoms with E-state index in [0.29, 0.717) is 5.69 Å². The van der Waals surface area contributed by atoms with Gasteiger partial charge in [-0.05, 0) is 29.8 Å². The Labute approximate surface area is 133 Å². The molecule has 1 aromatic heterocycles. The molecule has 0 saturated heterocycles. The van der Waals surface area contributed by atoms with Crippen molar-refractivity contribution in [2.75, 3.05) is 10.6 Å². The molecule has 1 heterocycles. The Hall–Kier alpha value is -3.21. The van der Waals surface area contributed by atoms with Gasteiger partial charge in [0.15, 0.2) is 0 Å². The molecule has 0 fully saturated rings. The van der Waals surface area contributed by atoms with Gasteiger partial charge in [-0.3, -0.25) is 4.79 Å². The lowest BCUT2D eigenvalue weighted by Gasteiger charge is -2.11. The van der Waals surface area contributed by atoms with E-state index in [1.54, 1.807) is 6.07 Å². The number of aromatic amines is 1. The number of carbonyl (C=O) groups is 1. The van der Waals surface area contributed by atoms with Crippen LogP contribution in [0.4, 0.5) is 11.4 Å². The summed E-state index contributed by atoms with van der Waals surface area (Å²) < 4.78 is 0. The van der Waals surface area contributed by atoms with Crippen molar-refractivity contribution >= 4 is 22.9 Å². The predicted octanol–water partition coefficient (Wildman–Crippen LogP) is 2.08. The first-order chi connectivity index (χ1) is 11.0. The monoisotopic (exact) mass is 311 g/mol. The minimum Gasteiger partial charge on any atom is -0.360 e. The Balaban J connectivity index is 2.19. The van der Waals surface area contributed by atoms with Crippen LogP contribution in [0.5, 0.6) is 0 Å². The third-order valence-corrected chi connectivity index (χ3v) is 3.11. The number of tetrazole rings is 1. The van der Waals surface area contributed by atoms with Crippen molar-refractivity contribution in [3.63, 3.8) is 0 Å². The lowest BCUT2D eigenvalue weighted by molar-refractivity contribution is -0.118. The fraction of sp³-hybridized carbons (Fsp3) is 0.267. The van der Waals surface area contributed by atoms with E-state index in [4.69, 9.17) is 5.26 Å². The molecule has 8 nitrogen and oxygen atoms in total. The summed E-state index contributed by atoms with van der Waals surface area (Å²) >= 11 is 0. The number of aromatic nitrogens is 4. The molecule has 3 N–H and O–H groups in total. The second-order valence-electron chi connectivity index (χ2n) is 5.22. The molecule has 0 radical (unpaired) electrons. The van der Waals surface area contributed by atoms with E-state index in [0.717, 1.165) is 11.3 Å². The summed E-state index contributed by atoms with van der Waals surface area (Å²) in [5.41, 5.74) is 2.66. The molecular weight excluding hydrogens is 294 g/mol. The number of nitriles is 1. The van der Waals surface area contributed by atoms with Crippen LogP contribution in [0.25, 0.3) is 5.57 Å². The van der Waals surface area contributed by atoms with E-state index in [-0.39, 0.29) is 23.2 Å². The molecule has 1 amide bonds. The smallest absolute Gasteiger partial charge is 0.226 e. The van der Waals surface area contributed by atoms with Crippen molar-refractivity contribution in [1.82, 2.24) is 20.6 Å². The number of amides is 1. The zero-order valence-electron chi connectivity index (χ0n) is 13.1. The Bertz CT molecular complexity index is 757. The van der Waals surface area contributed by atoms with Crippen LogP contribution >= 0.6 is 0 Å². The van der Waals surface area contributed by atoms with Gasteiger partial charge in [0.2, 0.25) is 11.7 Å². The number of anilines is 2. The van der Waals surface area contributed by atoms with Gasteiger partial charge in [-0.1, -0.05) is 19.9 Å². The molecule has 0 atom stereocenters. The first kappa shape index (κ1) is 16.2. The summed E-state index contributed by atoms with van der Waals surface area (Å²) in [5.74, 6) is 0.0535. The summed E-state index contributed by atoms with van der Waals surface area (Å²) in [4.78, 5) is 11.8. The number of hydrogen-bond donors (Lipinski definition) is 3. The largest absolute Gasteiger partial charge is 0.360 e. The number of carbonyl (C=O) groups excluding carboxylic acids is 1. The maximum Gasteiger partial charge on any atom is 0.226 e. The van der Waals surface area contributed by atoms with E-state index in [2.05, 4.69) is 31.3 Å². The van der Waals surface area contributed by atoms with Crippen LogP contribution in [0.3, 0.4) is 0 Å². The van der Waals surface area contributed by atoms with Crippen LogP contribution in [0.1, 0.15) is 25.2 Å². The third-order valence-electron chi connectivity index (χ3n) is 3.11. The average molecular weight is 311 g/mol. The van der Waals surface area contributed by atoms with Crippen LogP contribution in [0.2, 0.25) is 0 Å². The highest BCUT2D eigenvalue weighted by molar-refractivity contribution is 5.92. The van der Waals surface area contributed by atoms with E-state index in [1.807, 2.05) is 39.0 Å². The fourth-order valence-electron chi connectivity index (χ4n) is 1.71. The van der Waals surface area contributed by atoms with E-state index in [1.165, 1.54) is 6.20 Å². The average Bonchev–Trinajstić information content (AvgIpc) is 3.05. The van der Waals surface area contributed by atoms with Gasteiger partial charge in [0.05, 0.1) is 0 Å². The Kier molecular flexibility index (Phi) is 5.04. The number of rotatable bonds is 5. The first-order valence-corrected chi connectivity index (χ1v) is 7.03. The highest BCUT2D eigenvalue weighted by atomic mass is 16.1. The molecule has 118 valence electrons. The topological polar surface area (TPSA) is 119 Å². The molecule has 2 rings (SSSR count). The van der Waals surface area contributed by atoms with Gasteiger partial charge in [-0.2, -0.15) is 10.5 Å². The second kappa shape index (κ2) is 7.17. The van der Waals surface area contributed by atoms with Crippen LogP contribution in [-0.2, 0) is 4.79 Å². The molecule has 0 aliphatic carbocycles. The number of H-pyrrole nitrogens is 1. The molecule has 0 aliphatic heterocycles. The molecule has 8 heteroatoms. The third kappa shape index (κ3) is 4.14. The minimum atomic E-state index is -0.101. The van der Waals surface area contributed by atoms with Gasteiger partial charge in [0.1, 0.15) is 11.6 Å². The zero-order valence-corrected chi connectivity index (χ0v) is 13.1. The zero-order chi connectivity index (χ0) is 16.8. The van der Waals surface area contributed by atoms with Crippen LogP contribution in [-0.4, -0.2) is 26.5 Å². The fourth-order valence-corrected chi connectivity index (χ4v) is 1.71. The summed E-state index contributed by atoms with van der Waals surface area (Å²) in [7, 11) is 0. The Morgan fingerprint density at radius 3 is 2.83 bits per heavy atom. The van der Waals surface area contributed by atoms with Crippen LogP contribution in [0.15, 0.2) is 24.4 Å². The molecular formula is C15H17N7O. The summed E-state index contributed by atoms with van der Waals surface area (Å²) in [6.45, 7) is 5.58. The van der Waals surface area contributed by atoms with Crippen molar-refractivity contribution in [1.29, 1.82) is 5.26 Å². The van der Waals surface area contributed by atoms with Gasteiger partial charge in [-0.25, -0.2) is 0 Å². The lowest BCUT2D eigenvalue weighted by Crippen LogP contribution is -2.17. The SMILES string of the molecule is Cc1ccc(NC(=O)C(C)C)cc1NC=C(C#N)c1nn[nH]n1. The molecule has 0 saturated carbocycles. The lowest BCUT2D eigenvalue weighted by atomic mass is 10.1. The summed E-state index contributed by atoms with van der Waals surface area (Å²) in [5, 5.41) is 28.3. The van der Waals surface area contributed by atoms with Crippen LogP contribution < -0.4 is 10.6 Å². The summed E-state index contributed by atoms with van der Waals surface area (Å²) in [6.07, 6.45) is 1.50. The van der Waals surface area contributed by atoms with E-state index in [9.17, 15) is 4.79 Å². The number of nitrogens with one attached hydrogen (secondary N) is 3. The molecule has 2 aromatic rings. The van der Waals surface area contributed by atoms with Crippen molar-refractivity contribution in [3.8, 4) is 6.07 Å². The number of nitrogens with zero attached hydrogens (tertiary/aromatic N) is 4. The van der Waals surface area contributed by atoms with Crippen molar-refractivity contribution in [2.45, 2.75) is 20.8 Å². The van der Waals surface area contributed by atoms with Crippen molar-refractivity contribution < 1.29 is 4.79 Å². The highest BCUT2D eigenvalue weighted by Gasteiger charge is 2.09. The van der Waals surface area contributed by atoms with Gasteiger partial charge < -0.3 is 10.6 Å². The van der Waals surface area contributed by atoms with Gasteiger partial charge in [-0.15, -0.1) is 10.2 Å². The standard InChI is InChI=1S/C15H17N7O/c1-9(2)15(23)18-12-5-4-10(3)13(6-12)17-8-11(7-16)14-19-21-22-20-14/h4-6,8-9,17H,1-3H3,(H,18,23)(H,19,20,21,22). The number of benzene rings is 1. The Morgan fingerprint density at radius 2 is 2.22 bits per heavy atom. The molecule has 0 aliphatic rings. The van der Waals surface area contributed by atoms with E-state index >= 15 is 0 Å². The molecule has 1 aromatic carbocycles. The molecule has 0 bridgehead atoms. The summed E-state index contributed by atoms with van der Waals surface area (Å²) in [6, 6.07) is 7.51. The number of allylic oxidation sites excluding steroid dienone is 1. The minimum absolute atomic E-state index is 0.0557. The first-order valence-electron chi connectivity index (χ1n) is 7.03. The number of hydrogen-bond acceptors (Lipinski definition) is 6.